The molecule has 1 heterocycles. The smallest absolute Gasteiger partial charge is 0.323 e. The van der Waals surface area contributed by atoms with E-state index in [1.54, 1.807) is 0 Å². The lowest BCUT2D eigenvalue weighted by Crippen LogP contribution is -2.42. The summed E-state index contributed by atoms with van der Waals surface area (Å²) in [4.78, 5) is 14.7. The van der Waals surface area contributed by atoms with Crippen molar-refractivity contribution in [2.24, 2.45) is 17.3 Å². The summed E-state index contributed by atoms with van der Waals surface area (Å²) in [5.74, 6) is 0.967. The minimum atomic E-state index is -0.0982. The molecule has 1 saturated carbocycles. The zero-order chi connectivity index (χ0) is 16.2. The second-order valence-corrected chi connectivity index (χ2v) is 7.49. The van der Waals surface area contributed by atoms with E-state index in [4.69, 9.17) is 4.74 Å². The van der Waals surface area contributed by atoms with E-state index in [2.05, 4.69) is 61.2 Å². The lowest BCUT2D eigenvalue weighted by atomic mass is 9.99. The Morgan fingerprint density at radius 1 is 1.22 bits per heavy atom. The number of piperidine rings is 1. The monoisotopic (exact) mass is 309 g/mol. The van der Waals surface area contributed by atoms with Gasteiger partial charge in [-0.3, -0.25) is 9.69 Å². The predicted octanol–water partition coefficient (Wildman–Crippen LogP) is 3.47. The first kappa shape index (κ1) is 14.7. The highest BCUT2D eigenvalue weighted by Crippen LogP contribution is 2.65. The van der Waals surface area contributed by atoms with Crippen molar-refractivity contribution in [1.29, 1.82) is 0 Å². The molecule has 2 aromatic carbocycles. The number of rotatable bonds is 3. The third-order valence-electron chi connectivity index (χ3n) is 6.00. The van der Waals surface area contributed by atoms with Gasteiger partial charge in [-0.25, -0.2) is 0 Å². The van der Waals surface area contributed by atoms with E-state index in [-0.39, 0.29) is 17.4 Å². The Hall–Kier alpha value is -1.87. The average Bonchev–Trinajstić information content (AvgIpc) is 2.91. The summed E-state index contributed by atoms with van der Waals surface area (Å²) in [5, 5.41) is 2.53. The second-order valence-electron chi connectivity index (χ2n) is 7.49. The molecule has 0 aromatic heterocycles. The van der Waals surface area contributed by atoms with Crippen LogP contribution in [0.4, 0.5) is 0 Å². The fourth-order valence-corrected chi connectivity index (χ4v) is 4.58. The predicted molar refractivity (Wildman–Crippen MR) is 90.9 cm³/mol. The van der Waals surface area contributed by atoms with Gasteiger partial charge in [0.1, 0.15) is 6.04 Å². The quantitative estimate of drug-likeness (QED) is 0.813. The Morgan fingerprint density at radius 2 is 1.96 bits per heavy atom. The number of ether oxygens (including phenoxy) is 1. The van der Waals surface area contributed by atoms with Gasteiger partial charge in [0, 0.05) is 13.1 Å². The SMILES string of the molecule is COC(=O)C1C2C(CN1Cc1cccc3ccccc13)C2(C)C. The van der Waals surface area contributed by atoms with Crippen LogP contribution in [0.1, 0.15) is 19.4 Å². The minimum absolute atomic E-state index is 0.0803. The van der Waals surface area contributed by atoms with Gasteiger partial charge >= 0.3 is 5.97 Å². The lowest BCUT2D eigenvalue weighted by Gasteiger charge is -2.29. The molecular weight excluding hydrogens is 286 g/mol. The molecule has 3 atom stereocenters. The van der Waals surface area contributed by atoms with Crippen molar-refractivity contribution in [3.63, 3.8) is 0 Å². The summed E-state index contributed by atoms with van der Waals surface area (Å²) < 4.78 is 5.10. The van der Waals surface area contributed by atoms with Gasteiger partial charge in [-0.05, 0) is 33.6 Å². The molecular formula is C20H23NO2. The van der Waals surface area contributed by atoms with Gasteiger partial charge in [0.15, 0.2) is 0 Å². The minimum Gasteiger partial charge on any atom is -0.468 e. The van der Waals surface area contributed by atoms with Crippen LogP contribution < -0.4 is 0 Å². The van der Waals surface area contributed by atoms with E-state index < -0.39 is 0 Å². The molecule has 1 aliphatic carbocycles. The Morgan fingerprint density at radius 3 is 2.74 bits per heavy atom. The van der Waals surface area contributed by atoms with Crippen molar-refractivity contribution >= 4 is 16.7 Å². The molecule has 1 saturated heterocycles. The van der Waals surface area contributed by atoms with E-state index in [9.17, 15) is 4.79 Å². The molecule has 0 spiro atoms. The standard InChI is InChI=1S/C20H23NO2/c1-20(2)16-12-21(18(17(16)20)19(22)23-3)11-14-9-6-8-13-7-4-5-10-15(13)14/h4-10,16-18H,11-12H2,1-3H3. The van der Waals surface area contributed by atoms with Gasteiger partial charge in [0.05, 0.1) is 7.11 Å². The number of carbonyl (C=O) groups is 1. The number of likely N-dealkylation sites (tertiary alicyclic amines) is 1. The van der Waals surface area contributed by atoms with Gasteiger partial charge in [-0.2, -0.15) is 0 Å². The highest BCUT2D eigenvalue weighted by molar-refractivity contribution is 5.85. The molecule has 120 valence electrons. The molecule has 0 amide bonds. The van der Waals surface area contributed by atoms with Crippen LogP contribution in [0.15, 0.2) is 42.5 Å². The van der Waals surface area contributed by atoms with E-state index in [0.717, 1.165) is 13.1 Å². The number of methoxy groups -OCH3 is 1. The van der Waals surface area contributed by atoms with Crippen molar-refractivity contribution in [3.8, 4) is 0 Å². The van der Waals surface area contributed by atoms with E-state index in [0.29, 0.717) is 11.8 Å². The van der Waals surface area contributed by atoms with Gasteiger partial charge < -0.3 is 4.74 Å². The first-order valence-corrected chi connectivity index (χ1v) is 8.32. The van der Waals surface area contributed by atoms with Crippen LogP contribution in [0.5, 0.6) is 0 Å². The van der Waals surface area contributed by atoms with Gasteiger partial charge in [0.25, 0.3) is 0 Å². The summed E-state index contributed by atoms with van der Waals surface area (Å²) >= 11 is 0. The van der Waals surface area contributed by atoms with Crippen LogP contribution in [-0.4, -0.2) is 30.6 Å². The molecule has 2 fully saturated rings. The molecule has 23 heavy (non-hydrogen) atoms. The Balaban J connectivity index is 1.64. The molecule has 0 N–H and O–H groups in total. The molecule has 3 unspecified atom stereocenters. The Bertz CT molecular complexity index is 762. The third kappa shape index (κ3) is 2.18. The molecule has 0 radical (unpaired) electrons. The summed E-state index contributed by atoms with van der Waals surface area (Å²) in [6.07, 6.45) is 0. The Kier molecular flexibility index (Phi) is 3.24. The zero-order valence-corrected chi connectivity index (χ0v) is 14.0. The van der Waals surface area contributed by atoms with Crippen LogP contribution in [0.2, 0.25) is 0 Å². The number of hydrogen-bond donors (Lipinski definition) is 0. The van der Waals surface area contributed by atoms with Crippen molar-refractivity contribution in [3.05, 3.63) is 48.0 Å². The summed E-state index contributed by atoms with van der Waals surface area (Å²) in [5.41, 5.74) is 1.56. The summed E-state index contributed by atoms with van der Waals surface area (Å²) in [7, 11) is 1.50. The third-order valence-corrected chi connectivity index (χ3v) is 6.00. The van der Waals surface area contributed by atoms with Crippen molar-refractivity contribution in [2.75, 3.05) is 13.7 Å². The van der Waals surface area contributed by atoms with Crippen LogP contribution in [0, 0.1) is 17.3 Å². The molecule has 4 rings (SSSR count). The van der Waals surface area contributed by atoms with Crippen molar-refractivity contribution < 1.29 is 9.53 Å². The normalized spacial score (nSPS) is 28.6. The highest BCUT2D eigenvalue weighted by Gasteiger charge is 2.68. The van der Waals surface area contributed by atoms with Gasteiger partial charge in [-0.1, -0.05) is 56.3 Å². The molecule has 2 aromatic rings. The summed E-state index contributed by atoms with van der Waals surface area (Å²) in [6.45, 7) is 6.34. The van der Waals surface area contributed by atoms with Crippen LogP contribution in [0.25, 0.3) is 10.8 Å². The maximum absolute atomic E-state index is 12.3. The fourth-order valence-electron chi connectivity index (χ4n) is 4.58. The van der Waals surface area contributed by atoms with E-state index in [1.807, 2.05) is 0 Å². The largest absolute Gasteiger partial charge is 0.468 e. The maximum atomic E-state index is 12.3. The number of nitrogens with zero attached hydrogens (tertiary/aromatic N) is 1. The van der Waals surface area contributed by atoms with Crippen molar-refractivity contribution in [1.82, 2.24) is 4.90 Å². The number of benzene rings is 2. The molecule has 0 bridgehead atoms. The number of hydrogen-bond acceptors (Lipinski definition) is 3. The van der Waals surface area contributed by atoms with E-state index in [1.165, 1.54) is 23.4 Å². The maximum Gasteiger partial charge on any atom is 0.323 e. The number of fused-ring (bicyclic) bond motifs is 2. The lowest BCUT2D eigenvalue weighted by molar-refractivity contribution is -0.147. The first-order chi connectivity index (χ1) is 11.0. The van der Waals surface area contributed by atoms with E-state index >= 15 is 0 Å². The van der Waals surface area contributed by atoms with Gasteiger partial charge in [0.2, 0.25) is 0 Å². The second kappa shape index (κ2) is 5.07. The first-order valence-electron chi connectivity index (χ1n) is 8.32. The summed E-state index contributed by atoms with van der Waals surface area (Å²) in [6, 6.07) is 14.8. The molecule has 3 heteroatoms. The molecule has 2 aliphatic rings. The highest BCUT2D eigenvalue weighted by atomic mass is 16.5. The number of carbonyl (C=O) groups excluding carboxylic acids is 1. The van der Waals surface area contributed by atoms with Crippen LogP contribution in [-0.2, 0) is 16.1 Å². The average molecular weight is 309 g/mol. The van der Waals surface area contributed by atoms with Gasteiger partial charge in [-0.15, -0.1) is 0 Å². The van der Waals surface area contributed by atoms with Crippen LogP contribution in [0.3, 0.4) is 0 Å². The number of esters is 1. The topological polar surface area (TPSA) is 29.5 Å². The Labute approximate surface area is 137 Å². The molecule has 1 aliphatic heterocycles. The molecule has 3 nitrogen and oxygen atoms in total. The van der Waals surface area contributed by atoms with Crippen molar-refractivity contribution in [2.45, 2.75) is 26.4 Å². The fraction of sp³-hybridized carbons (Fsp3) is 0.450. The zero-order valence-electron chi connectivity index (χ0n) is 14.0. The van der Waals surface area contributed by atoms with Crippen LogP contribution >= 0.6 is 0 Å².